The van der Waals surface area contributed by atoms with Crippen LogP contribution in [0.15, 0.2) is 29.4 Å². The largest absolute Gasteiger partial charge is 0.386 e. The van der Waals surface area contributed by atoms with Crippen LogP contribution in [0.1, 0.15) is 17.0 Å². The second-order valence-corrected chi connectivity index (χ2v) is 5.47. The predicted octanol–water partition coefficient (Wildman–Crippen LogP) is 2.84. The third-order valence-electron chi connectivity index (χ3n) is 3.18. The summed E-state index contributed by atoms with van der Waals surface area (Å²) in [6.45, 7) is 3.25. The van der Waals surface area contributed by atoms with Crippen molar-refractivity contribution in [1.29, 1.82) is 0 Å². The van der Waals surface area contributed by atoms with Gasteiger partial charge in [-0.2, -0.15) is 5.10 Å². The third-order valence-corrected chi connectivity index (χ3v) is 3.99. The van der Waals surface area contributed by atoms with Crippen molar-refractivity contribution in [3.8, 4) is 5.69 Å². The molecule has 1 aromatic carbocycles. The van der Waals surface area contributed by atoms with E-state index in [0.29, 0.717) is 10.0 Å². The van der Waals surface area contributed by atoms with Crippen molar-refractivity contribution >= 4 is 35.3 Å². The number of carbonyl (C=O) groups excluding carboxylic acids is 1. The lowest BCUT2D eigenvalue weighted by Crippen LogP contribution is -2.20. The Bertz CT molecular complexity index is 739. The number of carbonyl (C=O) groups is 1. The van der Waals surface area contributed by atoms with E-state index < -0.39 is 12.5 Å². The number of rotatable bonds is 4. The zero-order chi connectivity index (χ0) is 16.3. The Labute approximate surface area is 138 Å². The van der Waals surface area contributed by atoms with Crippen LogP contribution in [-0.2, 0) is 4.79 Å². The molecule has 116 valence electrons. The van der Waals surface area contributed by atoms with Crippen molar-refractivity contribution < 1.29 is 9.90 Å². The van der Waals surface area contributed by atoms with Gasteiger partial charge >= 0.3 is 0 Å². The summed E-state index contributed by atoms with van der Waals surface area (Å²) in [6.07, 6.45) is 1.52. The minimum Gasteiger partial charge on any atom is -0.386 e. The fraction of sp³-hybridized carbons (Fsp3) is 0.200. The molecule has 0 aliphatic rings. The number of hydrogen-bond donors (Lipinski definition) is 2. The average molecular weight is 340 g/mol. The summed E-state index contributed by atoms with van der Waals surface area (Å²) in [5, 5.41) is 13.4. The molecule has 2 N–H and O–H groups in total. The quantitative estimate of drug-likeness (QED) is 0.664. The van der Waals surface area contributed by atoms with Crippen molar-refractivity contribution in [1.82, 2.24) is 9.99 Å². The lowest BCUT2D eigenvalue weighted by Gasteiger charge is -2.12. The van der Waals surface area contributed by atoms with Crippen LogP contribution < -0.4 is 5.43 Å². The number of hydrazone groups is 1. The number of aromatic nitrogens is 1. The Kier molecular flexibility index (Phi) is 5.24. The molecule has 0 radical (unpaired) electrons. The van der Waals surface area contributed by atoms with E-state index in [-0.39, 0.29) is 0 Å². The van der Waals surface area contributed by atoms with Gasteiger partial charge in [0.2, 0.25) is 0 Å². The van der Waals surface area contributed by atoms with Gasteiger partial charge in [0.25, 0.3) is 5.91 Å². The number of hydrogen-bond acceptors (Lipinski definition) is 3. The highest BCUT2D eigenvalue weighted by atomic mass is 35.5. The summed E-state index contributed by atoms with van der Waals surface area (Å²) in [7, 11) is 0. The van der Waals surface area contributed by atoms with E-state index in [1.165, 1.54) is 6.21 Å². The number of amides is 1. The fourth-order valence-corrected chi connectivity index (χ4v) is 2.54. The van der Waals surface area contributed by atoms with Crippen molar-refractivity contribution in [3.05, 3.63) is 51.3 Å². The topological polar surface area (TPSA) is 66.6 Å². The van der Waals surface area contributed by atoms with E-state index in [4.69, 9.17) is 28.3 Å². The number of nitrogens with one attached hydrogen (secondary N) is 1. The summed E-state index contributed by atoms with van der Waals surface area (Å²) in [5.41, 5.74) is 5.69. The molecule has 0 saturated heterocycles. The molecule has 0 atom stereocenters. The SMILES string of the molecule is Cc1cc(/C=N\NC(=O)CO)c(C)n1-c1cccc(Cl)c1Cl. The van der Waals surface area contributed by atoms with E-state index in [1.807, 2.05) is 36.6 Å². The monoisotopic (exact) mass is 339 g/mol. The maximum absolute atomic E-state index is 11.0. The molecule has 5 nitrogen and oxygen atoms in total. The number of aliphatic hydroxyl groups is 1. The van der Waals surface area contributed by atoms with Crippen LogP contribution in [0.5, 0.6) is 0 Å². The zero-order valence-corrected chi connectivity index (χ0v) is 13.6. The lowest BCUT2D eigenvalue weighted by molar-refractivity contribution is -0.123. The molecule has 2 rings (SSSR count). The minimum atomic E-state index is -0.603. The summed E-state index contributed by atoms with van der Waals surface area (Å²) in [6, 6.07) is 7.36. The van der Waals surface area contributed by atoms with Crippen molar-refractivity contribution in [3.63, 3.8) is 0 Å². The van der Waals surface area contributed by atoms with E-state index in [2.05, 4.69) is 10.5 Å². The molecule has 0 fully saturated rings. The molecule has 1 aromatic heterocycles. The zero-order valence-electron chi connectivity index (χ0n) is 12.1. The Morgan fingerprint density at radius 3 is 2.82 bits per heavy atom. The first-order valence-corrected chi connectivity index (χ1v) is 7.27. The van der Waals surface area contributed by atoms with Crippen LogP contribution in [-0.4, -0.2) is 28.4 Å². The summed E-state index contributed by atoms with van der Waals surface area (Å²) in [5.74, 6) is -0.567. The van der Waals surface area contributed by atoms with Gasteiger partial charge < -0.3 is 9.67 Å². The minimum absolute atomic E-state index is 0.475. The Hall–Kier alpha value is -1.82. The first-order valence-electron chi connectivity index (χ1n) is 6.51. The average Bonchev–Trinajstić information content (AvgIpc) is 2.77. The van der Waals surface area contributed by atoms with E-state index in [1.54, 1.807) is 6.07 Å². The van der Waals surface area contributed by atoms with Crippen LogP contribution in [0.25, 0.3) is 5.69 Å². The maximum atomic E-state index is 11.0. The highest BCUT2D eigenvalue weighted by Gasteiger charge is 2.13. The van der Waals surface area contributed by atoms with E-state index in [9.17, 15) is 4.79 Å². The third kappa shape index (κ3) is 3.32. The standard InChI is InChI=1S/C15H15Cl2N3O2/c1-9-6-11(7-18-19-14(22)8-21)10(2)20(9)13-5-3-4-12(16)15(13)17/h3-7,21H,8H2,1-2H3,(H,19,22)/b18-7-. The van der Waals surface area contributed by atoms with Gasteiger partial charge in [0.05, 0.1) is 21.9 Å². The normalized spacial score (nSPS) is 11.1. The van der Waals surface area contributed by atoms with Crippen molar-refractivity contribution in [2.45, 2.75) is 13.8 Å². The molecule has 0 saturated carbocycles. The Balaban J connectivity index is 2.39. The van der Waals surface area contributed by atoms with E-state index in [0.717, 1.165) is 22.6 Å². The molecular weight excluding hydrogens is 325 g/mol. The highest BCUT2D eigenvalue weighted by Crippen LogP contribution is 2.31. The van der Waals surface area contributed by atoms with Gasteiger partial charge in [-0.25, -0.2) is 5.43 Å². The van der Waals surface area contributed by atoms with Crippen LogP contribution in [0, 0.1) is 13.8 Å². The second kappa shape index (κ2) is 6.96. The molecule has 7 heteroatoms. The number of benzene rings is 1. The van der Waals surface area contributed by atoms with Gasteiger partial charge in [-0.15, -0.1) is 0 Å². The molecule has 1 heterocycles. The first-order chi connectivity index (χ1) is 10.5. The molecule has 0 spiro atoms. The summed E-state index contributed by atoms with van der Waals surface area (Å²) in [4.78, 5) is 11.0. The van der Waals surface area contributed by atoms with Gasteiger partial charge in [0, 0.05) is 17.0 Å². The second-order valence-electron chi connectivity index (χ2n) is 4.69. The molecular formula is C15H15Cl2N3O2. The summed E-state index contributed by atoms with van der Waals surface area (Å²) >= 11 is 12.3. The van der Waals surface area contributed by atoms with Crippen LogP contribution in [0.4, 0.5) is 0 Å². The molecule has 0 bridgehead atoms. The lowest BCUT2D eigenvalue weighted by atomic mass is 10.2. The van der Waals surface area contributed by atoms with Crippen LogP contribution in [0.2, 0.25) is 10.0 Å². The smallest absolute Gasteiger partial charge is 0.265 e. The number of halogens is 2. The Morgan fingerprint density at radius 2 is 2.14 bits per heavy atom. The van der Waals surface area contributed by atoms with Gasteiger partial charge in [-0.3, -0.25) is 4.79 Å². The first kappa shape index (κ1) is 16.5. The number of nitrogens with zero attached hydrogens (tertiary/aromatic N) is 2. The number of aliphatic hydroxyl groups excluding tert-OH is 1. The number of aryl methyl sites for hydroxylation is 1. The van der Waals surface area contributed by atoms with Crippen LogP contribution >= 0.6 is 23.2 Å². The molecule has 2 aromatic rings. The van der Waals surface area contributed by atoms with Crippen molar-refractivity contribution in [2.75, 3.05) is 6.61 Å². The molecule has 22 heavy (non-hydrogen) atoms. The molecule has 1 amide bonds. The molecule has 0 unspecified atom stereocenters. The van der Waals surface area contributed by atoms with Gasteiger partial charge in [0.15, 0.2) is 0 Å². The predicted molar refractivity (Wildman–Crippen MR) is 88.1 cm³/mol. The summed E-state index contributed by atoms with van der Waals surface area (Å²) < 4.78 is 1.96. The van der Waals surface area contributed by atoms with Gasteiger partial charge in [-0.1, -0.05) is 29.3 Å². The maximum Gasteiger partial charge on any atom is 0.265 e. The van der Waals surface area contributed by atoms with Gasteiger partial charge in [0.1, 0.15) is 6.61 Å². The molecule has 0 aliphatic heterocycles. The Morgan fingerprint density at radius 1 is 1.41 bits per heavy atom. The van der Waals surface area contributed by atoms with E-state index >= 15 is 0 Å². The molecule has 0 aliphatic carbocycles. The highest BCUT2D eigenvalue weighted by molar-refractivity contribution is 6.43. The fourth-order valence-electron chi connectivity index (χ4n) is 2.16. The van der Waals surface area contributed by atoms with Crippen LogP contribution in [0.3, 0.4) is 0 Å². The van der Waals surface area contributed by atoms with Crippen molar-refractivity contribution in [2.24, 2.45) is 5.10 Å². The van der Waals surface area contributed by atoms with Gasteiger partial charge in [-0.05, 0) is 32.0 Å².